The third-order valence-corrected chi connectivity index (χ3v) is 8.95. The van der Waals surface area contributed by atoms with Crippen LogP contribution in [0.4, 0.5) is 0 Å². The van der Waals surface area contributed by atoms with Crippen molar-refractivity contribution in [2.24, 2.45) is 5.92 Å². The van der Waals surface area contributed by atoms with Gasteiger partial charge in [0.15, 0.2) is 0 Å². The van der Waals surface area contributed by atoms with Crippen molar-refractivity contribution in [3.63, 3.8) is 0 Å². The van der Waals surface area contributed by atoms with Gasteiger partial charge in [0.2, 0.25) is 15.9 Å². The molecule has 0 radical (unpaired) electrons. The Labute approximate surface area is 212 Å². The van der Waals surface area contributed by atoms with Crippen LogP contribution in [-0.4, -0.2) is 86.7 Å². The molecule has 0 bridgehead atoms. The molecule has 1 aromatic heterocycles. The fraction of sp³-hybridized carbons (Fsp3) is 0.625. The predicted octanol–water partition coefficient (Wildman–Crippen LogP) is 1.32. The van der Waals surface area contributed by atoms with Gasteiger partial charge in [0.1, 0.15) is 5.75 Å². The lowest BCUT2D eigenvalue weighted by Crippen LogP contribution is -2.53. The van der Waals surface area contributed by atoms with E-state index in [9.17, 15) is 13.2 Å². The maximum Gasteiger partial charge on any atom is 0.311 e. The molecule has 1 amide bonds. The molecule has 3 heterocycles. The number of piperazine rings is 1. The number of hydrogen-bond acceptors (Lipinski definition) is 9. The Hall–Kier alpha value is -2.54. The van der Waals surface area contributed by atoms with Crippen LogP contribution in [0.2, 0.25) is 0 Å². The maximum absolute atomic E-state index is 12.9. The minimum atomic E-state index is -3.84. The molecule has 198 valence electrons. The SMILES string of the molecule is COc1cc(C)c(S(=O)(=O)NCc2nnc(C(=O)N3CCN(C(C)C4CCNCC4)CC3)o2)c(C)c1. The second-order valence-electron chi connectivity index (χ2n) is 9.57. The van der Waals surface area contributed by atoms with E-state index in [0.29, 0.717) is 41.9 Å². The Morgan fingerprint density at radius 3 is 2.42 bits per heavy atom. The van der Waals surface area contributed by atoms with E-state index in [0.717, 1.165) is 26.2 Å². The number of amides is 1. The summed E-state index contributed by atoms with van der Waals surface area (Å²) >= 11 is 0. The summed E-state index contributed by atoms with van der Waals surface area (Å²) < 4.78 is 39.0. The first-order valence-corrected chi connectivity index (χ1v) is 13.9. The van der Waals surface area contributed by atoms with Gasteiger partial charge in [-0.1, -0.05) is 0 Å². The molecule has 12 heteroatoms. The third-order valence-electron chi connectivity index (χ3n) is 7.24. The molecule has 1 atom stereocenters. The van der Waals surface area contributed by atoms with E-state index >= 15 is 0 Å². The number of nitrogens with one attached hydrogen (secondary N) is 2. The van der Waals surface area contributed by atoms with E-state index in [1.165, 1.54) is 20.0 Å². The summed E-state index contributed by atoms with van der Waals surface area (Å²) in [6.45, 7) is 10.4. The summed E-state index contributed by atoms with van der Waals surface area (Å²) in [6, 6.07) is 3.82. The van der Waals surface area contributed by atoms with E-state index in [4.69, 9.17) is 9.15 Å². The molecule has 2 saturated heterocycles. The first-order valence-electron chi connectivity index (χ1n) is 12.4. The normalized spacial score (nSPS) is 18.8. The molecule has 1 aromatic carbocycles. The van der Waals surface area contributed by atoms with Crippen LogP contribution in [0.1, 0.15) is 47.5 Å². The summed E-state index contributed by atoms with van der Waals surface area (Å²) in [5, 5.41) is 11.2. The summed E-state index contributed by atoms with van der Waals surface area (Å²) in [6.07, 6.45) is 2.37. The quantitative estimate of drug-likeness (QED) is 0.529. The fourth-order valence-electron chi connectivity index (χ4n) is 5.18. The van der Waals surface area contributed by atoms with Gasteiger partial charge in [-0.3, -0.25) is 9.69 Å². The Morgan fingerprint density at radius 2 is 1.81 bits per heavy atom. The molecule has 2 aliphatic heterocycles. The molecular formula is C24H36N6O5S. The van der Waals surface area contributed by atoms with Gasteiger partial charge in [-0.15, -0.1) is 10.2 Å². The zero-order chi connectivity index (χ0) is 25.9. The van der Waals surface area contributed by atoms with Crippen LogP contribution in [-0.2, 0) is 16.6 Å². The largest absolute Gasteiger partial charge is 0.497 e. The minimum absolute atomic E-state index is 0.0314. The molecule has 2 aromatic rings. The first-order chi connectivity index (χ1) is 17.2. The second-order valence-corrected chi connectivity index (χ2v) is 11.3. The van der Waals surface area contributed by atoms with Crippen LogP contribution in [0.15, 0.2) is 21.4 Å². The molecule has 36 heavy (non-hydrogen) atoms. The van der Waals surface area contributed by atoms with Crippen molar-refractivity contribution in [2.75, 3.05) is 46.4 Å². The van der Waals surface area contributed by atoms with Crippen molar-refractivity contribution in [1.29, 1.82) is 0 Å². The van der Waals surface area contributed by atoms with Gasteiger partial charge < -0.3 is 19.4 Å². The lowest BCUT2D eigenvalue weighted by atomic mass is 9.90. The fourth-order valence-corrected chi connectivity index (χ4v) is 6.61. The number of ether oxygens (including phenoxy) is 1. The monoisotopic (exact) mass is 520 g/mol. The topological polar surface area (TPSA) is 130 Å². The summed E-state index contributed by atoms with van der Waals surface area (Å²) in [5.74, 6) is 0.851. The van der Waals surface area contributed by atoms with Crippen molar-refractivity contribution in [3.8, 4) is 5.75 Å². The molecule has 0 aliphatic carbocycles. The zero-order valence-electron chi connectivity index (χ0n) is 21.4. The molecule has 2 aliphatic rings. The van der Waals surface area contributed by atoms with Crippen LogP contribution in [0, 0.1) is 19.8 Å². The molecule has 2 fully saturated rings. The highest BCUT2D eigenvalue weighted by atomic mass is 32.2. The van der Waals surface area contributed by atoms with Gasteiger partial charge in [-0.25, -0.2) is 13.1 Å². The highest BCUT2D eigenvalue weighted by Crippen LogP contribution is 2.26. The number of aromatic nitrogens is 2. The van der Waals surface area contributed by atoms with Crippen molar-refractivity contribution < 1.29 is 22.4 Å². The molecule has 0 spiro atoms. The van der Waals surface area contributed by atoms with Gasteiger partial charge in [0.25, 0.3) is 0 Å². The third kappa shape index (κ3) is 5.88. The number of sulfonamides is 1. The average Bonchev–Trinajstić information content (AvgIpc) is 3.36. The smallest absolute Gasteiger partial charge is 0.311 e. The number of nitrogens with zero attached hydrogens (tertiary/aromatic N) is 4. The van der Waals surface area contributed by atoms with Crippen molar-refractivity contribution >= 4 is 15.9 Å². The lowest BCUT2D eigenvalue weighted by molar-refractivity contribution is 0.0457. The number of hydrogen-bond donors (Lipinski definition) is 2. The van der Waals surface area contributed by atoms with E-state index in [1.807, 2.05) is 0 Å². The predicted molar refractivity (Wildman–Crippen MR) is 133 cm³/mol. The molecule has 4 rings (SSSR count). The molecule has 0 saturated carbocycles. The van der Waals surface area contributed by atoms with Crippen molar-refractivity contribution in [3.05, 3.63) is 35.0 Å². The highest BCUT2D eigenvalue weighted by Gasteiger charge is 2.31. The van der Waals surface area contributed by atoms with Crippen LogP contribution >= 0.6 is 0 Å². The Bertz CT molecular complexity index is 1150. The number of carbonyl (C=O) groups is 1. The number of rotatable bonds is 8. The van der Waals surface area contributed by atoms with Gasteiger partial charge >= 0.3 is 11.8 Å². The van der Waals surface area contributed by atoms with Crippen molar-refractivity contribution in [1.82, 2.24) is 30.0 Å². The number of benzene rings is 1. The molecule has 1 unspecified atom stereocenters. The molecule has 11 nitrogen and oxygen atoms in total. The average molecular weight is 521 g/mol. The number of aryl methyl sites for hydroxylation is 2. The summed E-state index contributed by atoms with van der Waals surface area (Å²) in [7, 11) is -2.31. The standard InChI is InChI=1S/C24H36N6O5S/c1-16-13-20(34-4)14-17(2)22(16)36(32,33)26-15-21-27-28-23(35-21)24(31)30-11-9-29(10-12-30)18(3)19-5-7-25-8-6-19/h13-14,18-19,25-26H,5-12,15H2,1-4H3. The number of methoxy groups -OCH3 is 1. The number of carbonyl (C=O) groups excluding carboxylic acids is 1. The van der Waals surface area contributed by atoms with Crippen LogP contribution in [0.3, 0.4) is 0 Å². The van der Waals surface area contributed by atoms with Crippen LogP contribution in [0.5, 0.6) is 5.75 Å². The summed E-state index contributed by atoms with van der Waals surface area (Å²) in [5.41, 5.74) is 1.13. The number of piperidine rings is 1. The lowest BCUT2D eigenvalue weighted by Gasteiger charge is -2.41. The van der Waals surface area contributed by atoms with Gasteiger partial charge in [-0.05, 0) is 75.9 Å². The van der Waals surface area contributed by atoms with Gasteiger partial charge in [0, 0.05) is 32.2 Å². The first kappa shape index (κ1) is 26.5. The Kier molecular flexibility index (Phi) is 8.28. The van der Waals surface area contributed by atoms with Crippen molar-refractivity contribution in [2.45, 2.75) is 51.1 Å². The van der Waals surface area contributed by atoms with E-state index in [-0.39, 0.29) is 29.1 Å². The van der Waals surface area contributed by atoms with E-state index in [1.54, 1.807) is 30.9 Å². The highest BCUT2D eigenvalue weighted by molar-refractivity contribution is 7.89. The Balaban J connectivity index is 1.32. The van der Waals surface area contributed by atoms with Crippen LogP contribution < -0.4 is 14.8 Å². The van der Waals surface area contributed by atoms with E-state index < -0.39 is 10.0 Å². The second kappa shape index (κ2) is 11.2. The molecular weight excluding hydrogens is 484 g/mol. The van der Waals surface area contributed by atoms with Gasteiger partial charge in [0.05, 0.1) is 18.6 Å². The minimum Gasteiger partial charge on any atom is -0.497 e. The Morgan fingerprint density at radius 1 is 1.17 bits per heavy atom. The van der Waals surface area contributed by atoms with Crippen LogP contribution in [0.25, 0.3) is 0 Å². The van der Waals surface area contributed by atoms with E-state index in [2.05, 4.69) is 32.1 Å². The zero-order valence-corrected chi connectivity index (χ0v) is 22.2. The van der Waals surface area contributed by atoms with Gasteiger partial charge in [-0.2, -0.15) is 0 Å². The maximum atomic E-state index is 12.9. The summed E-state index contributed by atoms with van der Waals surface area (Å²) in [4.78, 5) is 17.3. The molecule has 2 N–H and O–H groups in total.